The maximum absolute atomic E-state index is 11.4. The number of benzene rings is 1. The number of amides is 2. The van der Waals surface area contributed by atoms with E-state index < -0.39 is 6.04 Å². The van der Waals surface area contributed by atoms with Gasteiger partial charge in [-0.3, -0.25) is 9.59 Å². The Morgan fingerprint density at radius 1 is 1.59 bits per heavy atom. The van der Waals surface area contributed by atoms with Crippen molar-refractivity contribution in [1.29, 1.82) is 0 Å². The molecule has 2 amide bonds. The van der Waals surface area contributed by atoms with Gasteiger partial charge in [-0.05, 0) is 25.1 Å². The van der Waals surface area contributed by atoms with Crippen molar-refractivity contribution < 1.29 is 9.59 Å². The Hall–Kier alpha value is -1.53. The van der Waals surface area contributed by atoms with Crippen molar-refractivity contribution in [3.63, 3.8) is 0 Å². The monoisotopic (exact) mass is 251 g/mol. The van der Waals surface area contributed by atoms with Crippen LogP contribution in [0, 0.1) is 0 Å². The molecule has 6 heteroatoms. The first-order chi connectivity index (χ1) is 8.06. The van der Waals surface area contributed by atoms with Gasteiger partial charge in [0.15, 0.2) is 0 Å². The van der Waals surface area contributed by atoms with E-state index in [0.717, 1.165) is 10.6 Å². The van der Waals surface area contributed by atoms with Crippen LogP contribution in [0.4, 0.5) is 11.4 Å². The Labute approximate surface area is 103 Å². The molecule has 5 nitrogen and oxygen atoms in total. The van der Waals surface area contributed by atoms with Crippen LogP contribution in [0.2, 0.25) is 0 Å². The molecule has 0 fully saturated rings. The number of hydrogen-bond donors (Lipinski definition) is 3. The summed E-state index contributed by atoms with van der Waals surface area (Å²) < 4.78 is 0. The summed E-state index contributed by atoms with van der Waals surface area (Å²) in [6.45, 7) is 1.62. The number of anilines is 2. The highest BCUT2D eigenvalue weighted by Gasteiger charge is 2.16. The summed E-state index contributed by atoms with van der Waals surface area (Å²) in [5.74, 6) is 0.149. The molecule has 0 aliphatic carbocycles. The van der Waals surface area contributed by atoms with Crippen LogP contribution in [0.25, 0.3) is 0 Å². The summed E-state index contributed by atoms with van der Waals surface area (Å²) in [5, 5.41) is 5.44. The molecule has 0 bridgehead atoms. The van der Waals surface area contributed by atoms with Crippen LogP contribution in [0.15, 0.2) is 23.1 Å². The number of thioether (sulfide) groups is 1. The molecule has 0 radical (unpaired) electrons. The quantitative estimate of drug-likeness (QED) is 0.732. The highest BCUT2D eigenvalue weighted by atomic mass is 32.2. The molecule has 1 aromatic rings. The Bertz CT molecular complexity index is 474. The van der Waals surface area contributed by atoms with Gasteiger partial charge in [0.1, 0.15) is 0 Å². The molecule has 2 rings (SSSR count). The highest BCUT2D eigenvalue weighted by Crippen LogP contribution is 2.33. The van der Waals surface area contributed by atoms with Crippen LogP contribution in [0.5, 0.6) is 0 Å². The predicted molar refractivity (Wildman–Crippen MR) is 68.1 cm³/mol. The summed E-state index contributed by atoms with van der Waals surface area (Å²) in [7, 11) is 0. The fourth-order valence-electron chi connectivity index (χ4n) is 1.42. The number of carbonyl (C=O) groups excluding carboxylic acids is 2. The molecule has 0 saturated heterocycles. The van der Waals surface area contributed by atoms with Crippen LogP contribution < -0.4 is 16.4 Å². The molecule has 0 saturated carbocycles. The molecule has 1 heterocycles. The van der Waals surface area contributed by atoms with Crippen molar-refractivity contribution in [2.75, 3.05) is 16.4 Å². The predicted octanol–water partition coefficient (Wildman–Crippen LogP) is 1.02. The van der Waals surface area contributed by atoms with E-state index in [9.17, 15) is 9.59 Å². The van der Waals surface area contributed by atoms with Gasteiger partial charge < -0.3 is 16.4 Å². The zero-order chi connectivity index (χ0) is 12.4. The van der Waals surface area contributed by atoms with E-state index in [4.69, 9.17) is 5.73 Å². The van der Waals surface area contributed by atoms with Crippen LogP contribution in [-0.2, 0) is 9.59 Å². The third kappa shape index (κ3) is 2.78. The number of hydrogen-bond acceptors (Lipinski definition) is 4. The molecular weight excluding hydrogens is 238 g/mol. The van der Waals surface area contributed by atoms with Gasteiger partial charge in [-0.1, -0.05) is 0 Å². The lowest BCUT2D eigenvalue weighted by molar-refractivity contribution is -0.117. The van der Waals surface area contributed by atoms with E-state index in [1.54, 1.807) is 19.1 Å². The third-order valence-corrected chi connectivity index (χ3v) is 3.37. The maximum Gasteiger partial charge on any atom is 0.240 e. The van der Waals surface area contributed by atoms with E-state index in [1.807, 2.05) is 6.07 Å². The number of rotatable bonds is 2. The van der Waals surface area contributed by atoms with Gasteiger partial charge in [-0.15, -0.1) is 11.8 Å². The van der Waals surface area contributed by atoms with Crippen LogP contribution in [-0.4, -0.2) is 23.6 Å². The average Bonchev–Trinajstić information content (AvgIpc) is 2.28. The highest BCUT2D eigenvalue weighted by molar-refractivity contribution is 8.00. The van der Waals surface area contributed by atoms with Gasteiger partial charge in [0.2, 0.25) is 11.8 Å². The smallest absolute Gasteiger partial charge is 0.240 e. The van der Waals surface area contributed by atoms with Crippen molar-refractivity contribution in [2.24, 2.45) is 5.73 Å². The van der Waals surface area contributed by atoms with Gasteiger partial charge in [0.05, 0.1) is 17.5 Å². The SMILES string of the molecule is C[C@@H](N)C(=O)Nc1ccc2c(c1)NC(=O)CS2. The van der Waals surface area contributed by atoms with E-state index in [1.165, 1.54) is 11.8 Å². The Morgan fingerprint density at radius 3 is 3.06 bits per heavy atom. The molecule has 0 spiro atoms. The molecule has 1 atom stereocenters. The lowest BCUT2D eigenvalue weighted by atomic mass is 10.2. The van der Waals surface area contributed by atoms with Crippen molar-refractivity contribution in [1.82, 2.24) is 0 Å². The molecule has 0 aromatic heterocycles. The second kappa shape index (κ2) is 4.77. The largest absolute Gasteiger partial charge is 0.325 e. The van der Waals surface area contributed by atoms with Crippen LogP contribution >= 0.6 is 11.8 Å². The van der Waals surface area contributed by atoms with Crippen LogP contribution in [0.1, 0.15) is 6.92 Å². The molecule has 4 N–H and O–H groups in total. The normalized spacial score (nSPS) is 15.8. The number of carbonyl (C=O) groups is 2. The van der Waals surface area contributed by atoms with Gasteiger partial charge in [-0.25, -0.2) is 0 Å². The summed E-state index contributed by atoms with van der Waals surface area (Å²) in [4.78, 5) is 23.6. The third-order valence-electron chi connectivity index (χ3n) is 2.29. The Balaban J connectivity index is 2.18. The summed E-state index contributed by atoms with van der Waals surface area (Å²) in [5.41, 5.74) is 6.82. The lowest BCUT2D eigenvalue weighted by Crippen LogP contribution is -2.32. The molecule has 1 aliphatic rings. The first-order valence-corrected chi connectivity index (χ1v) is 6.18. The molecular formula is C11H13N3O2S. The number of nitrogens with one attached hydrogen (secondary N) is 2. The topological polar surface area (TPSA) is 84.2 Å². The Kier molecular flexibility index (Phi) is 3.35. The second-order valence-electron chi connectivity index (χ2n) is 3.83. The molecule has 0 unspecified atom stereocenters. The summed E-state index contributed by atoms with van der Waals surface area (Å²) >= 11 is 1.48. The van der Waals surface area contributed by atoms with Crippen molar-refractivity contribution in [2.45, 2.75) is 17.9 Å². The fraction of sp³-hybridized carbons (Fsp3) is 0.273. The van der Waals surface area contributed by atoms with Crippen molar-refractivity contribution >= 4 is 35.0 Å². The minimum absolute atomic E-state index is 0.0295. The van der Waals surface area contributed by atoms with Crippen molar-refractivity contribution in [3.05, 3.63) is 18.2 Å². The van der Waals surface area contributed by atoms with E-state index >= 15 is 0 Å². The first-order valence-electron chi connectivity index (χ1n) is 5.19. The lowest BCUT2D eigenvalue weighted by Gasteiger charge is -2.17. The first kappa shape index (κ1) is 11.9. The number of nitrogens with two attached hydrogens (primary N) is 1. The molecule has 17 heavy (non-hydrogen) atoms. The zero-order valence-electron chi connectivity index (χ0n) is 9.32. The van der Waals surface area contributed by atoms with E-state index in [-0.39, 0.29) is 11.8 Å². The van der Waals surface area contributed by atoms with E-state index in [2.05, 4.69) is 10.6 Å². The maximum atomic E-state index is 11.4. The van der Waals surface area contributed by atoms with Crippen molar-refractivity contribution in [3.8, 4) is 0 Å². The van der Waals surface area contributed by atoms with Gasteiger partial charge >= 0.3 is 0 Å². The van der Waals surface area contributed by atoms with Gasteiger partial charge in [0, 0.05) is 10.6 Å². The minimum Gasteiger partial charge on any atom is -0.325 e. The number of fused-ring (bicyclic) bond motifs is 1. The minimum atomic E-state index is -0.560. The molecule has 1 aliphatic heterocycles. The van der Waals surface area contributed by atoms with Gasteiger partial charge in [0.25, 0.3) is 0 Å². The Morgan fingerprint density at radius 2 is 2.35 bits per heavy atom. The zero-order valence-corrected chi connectivity index (χ0v) is 10.1. The van der Waals surface area contributed by atoms with E-state index in [0.29, 0.717) is 11.4 Å². The molecule has 90 valence electrons. The standard InChI is InChI=1S/C11H13N3O2S/c1-6(12)11(16)13-7-2-3-9-8(4-7)14-10(15)5-17-9/h2-4,6H,5,12H2,1H3,(H,13,16)(H,14,15)/t6-/m1/s1. The molecule has 1 aromatic carbocycles. The van der Waals surface area contributed by atoms with Gasteiger partial charge in [-0.2, -0.15) is 0 Å². The summed E-state index contributed by atoms with van der Waals surface area (Å²) in [6, 6.07) is 4.84. The second-order valence-corrected chi connectivity index (χ2v) is 4.84. The average molecular weight is 251 g/mol. The fourth-order valence-corrected chi connectivity index (χ4v) is 2.21. The van der Waals surface area contributed by atoms with Crippen LogP contribution in [0.3, 0.4) is 0 Å². The summed E-state index contributed by atoms with van der Waals surface area (Å²) in [6.07, 6.45) is 0.